The number of methoxy groups -OCH3 is 1. The predicted octanol–water partition coefficient (Wildman–Crippen LogP) is 1.23. The molecule has 0 unspecified atom stereocenters. The third-order valence-electron chi connectivity index (χ3n) is 2.46. The van der Waals surface area contributed by atoms with Crippen molar-refractivity contribution >= 4 is 11.7 Å². The van der Waals surface area contributed by atoms with Crippen LogP contribution in [0.15, 0.2) is 18.2 Å². The third-order valence-corrected chi connectivity index (χ3v) is 2.46. The molecule has 0 saturated heterocycles. The van der Waals surface area contributed by atoms with Crippen molar-refractivity contribution < 1.29 is 9.53 Å². The van der Waals surface area contributed by atoms with E-state index in [4.69, 9.17) is 4.74 Å². The molecule has 94 valence electrons. The summed E-state index contributed by atoms with van der Waals surface area (Å²) in [4.78, 5) is 18.1. The van der Waals surface area contributed by atoms with Crippen LogP contribution >= 0.6 is 0 Å². The Kier molecular flexibility index (Phi) is 5.42. The van der Waals surface area contributed by atoms with Gasteiger partial charge in [0.1, 0.15) is 11.5 Å². The zero-order chi connectivity index (χ0) is 12.7. The van der Waals surface area contributed by atoms with Gasteiger partial charge in [-0.3, -0.25) is 4.79 Å². The summed E-state index contributed by atoms with van der Waals surface area (Å²) in [5, 5.41) is 2.92. The van der Waals surface area contributed by atoms with Crippen molar-refractivity contribution in [1.29, 1.82) is 0 Å². The monoisotopic (exact) mass is 237 g/mol. The lowest BCUT2D eigenvalue weighted by atomic mass is 10.3. The molecule has 1 rings (SSSR count). The number of ether oxygens (including phenoxy) is 1. The number of nitrogens with zero attached hydrogens (tertiary/aromatic N) is 2. The maximum atomic E-state index is 12.1. The normalized spacial score (nSPS) is 10.1. The highest BCUT2D eigenvalue weighted by molar-refractivity contribution is 5.92. The Morgan fingerprint density at radius 2 is 2.29 bits per heavy atom. The summed E-state index contributed by atoms with van der Waals surface area (Å²) < 4.78 is 4.98. The lowest BCUT2D eigenvalue weighted by molar-refractivity contribution is 0.0701. The summed E-state index contributed by atoms with van der Waals surface area (Å²) in [6.07, 6.45) is 0. The van der Waals surface area contributed by atoms with Crippen molar-refractivity contribution in [2.24, 2.45) is 0 Å². The van der Waals surface area contributed by atoms with E-state index in [9.17, 15) is 4.79 Å². The van der Waals surface area contributed by atoms with Gasteiger partial charge in [0.2, 0.25) is 0 Å². The van der Waals surface area contributed by atoms with E-state index in [-0.39, 0.29) is 5.91 Å². The molecule has 0 spiro atoms. The van der Waals surface area contributed by atoms with Gasteiger partial charge in [-0.05, 0) is 19.1 Å². The smallest absolute Gasteiger partial charge is 0.272 e. The average Bonchev–Trinajstić information content (AvgIpc) is 2.39. The first-order valence-corrected chi connectivity index (χ1v) is 5.66. The minimum absolute atomic E-state index is 0.0679. The van der Waals surface area contributed by atoms with E-state index < -0.39 is 0 Å². The average molecular weight is 237 g/mol. The standard InChI is InChI=1S/C12H19N3O2/c1-4-15(8-9-17-3)12(16)10-6-5-7-11(13-2)14-10/h5-7H,4,8-9H2,1-3H3,(H,13,14). The number of amides is 1. The fraction of sp³-hybridized carbons (Fsp3) is 0.500. The third kappa shape index (κ3) is 3.71. The van der Waals surface area contributed by atoms with Gasteiger partial charge in [0.15, 0.2) is 0 Å². The summed E-state index contributed by atoms with van der Waals surface area (Å²) in [5.41, 5.74) is 0.454. The van der Waals surface area contributed by atoms with Crippen LogP contribution < -0.4 is 5.32 Å². The second-order valence-electron chi connectivity index (χ2n) is 3.54. The van der Waals surface area contributed by atoms with Crippen molar-refractivity contribution in [3.05, 3.63) is 23.9 Å². The van der Waals surface area contributed by atoms with E-state index in [0.717, 1.165) is 0 Å². The molecular formula is C12H19N3O2. The van der Waals surface area contributed by atoms with Crippen LogP contribution in [0.3, 0.4) is 0 Å². The maximum absolute atomic E-state index is 12.1. The van der Waals surface area contributed by atoms with E-state index in [1.54, 1.807) is 25.1 Å². The number of anilines is 1. The first-order valence-electron chi connectivity index (χ1n) is 5.66. The number of carbonyl (C=O) groups is 1. The molecule has 0 saturated carbocycles. The summed E-state index contributed by atoms with van der Waals surface area (Å²) >= 11 is 0. The zero-order valence-corrected chi connectivity index (χ0v) is 10.6. The molecule has 5 heteroatoms. The first kappa shape index (κ1) is 13.4. The maximum Gasteiger partial charge on any atom is 0.272 e. The quantitative estimate of drug-likeness (QED) is 0.808. The van der Waals surface area contributed by atoms with Gasteiger partial charge >= 0.3 is 0 Å². The highest BCUT2D eigenvalue weighted by Gasteiger charge is 2.15. The molecule has 0 bridgehead atoms. The van der Waals surface area contributed by atoms with Gasteiger partial charge in [-0.1, -0.05) is 6.07 Å². The topological polar surface area (TPSA) is 54.5 Å². The number of aromatic nitrogens is 1. The molecule has 5 nitrogen and oxygen atoms in total. The molecule has 0 aliphatic heterocycles. The van der Waals surface area contributed by atoms with Crippen LogP contribution in [0.1, 0.15) is 17.4 Å². The van der Waals surface area contributed by atoms with Crippen LogP contribution in [0.4, 0.5) is 5.82 Å². The molecule has 1 N–H and O–H groups in total. The van der Waals surface area contributed by atoms with Crippen LogP contribution in [0.25, 0.3) is 0 Å². The van der Waals surface area contributed by atoms with Gasteiger partial charge in [-0.2, -0.15) is 0 Å². The zero-order valence-electron chi connectivity index (χ0n) is 10.6. The Morgan fingerprint density at radius 3 is 2.88 bits per heavy atom. The minimum Gasteiger partial charge on any atom is -0.383 e. The lowest BCUT2D eigenvalue weighted by Gasteiger charge is -2.20. The molecule has 0 aliphatic rings. The van der Waals surface area contributed by atoms with Crippen LogP contribution in [-0.2, 0) is 4.74 Å². The van der Waals surface area contributed by atoms with Crippen molar-refractivity contribution in [2.45, 2.75) is 6.92 Å². The molecule has 1 aromatic rings. The van der Waals surface area contributed by atoms with Crippen molar-refractivity contribution in [3.63, 3.8) is 0 Å². The molecule has 0 aromatic carbocycles. The largest absolute Gasteiger partial charge is 0.383 e. The number of nitrogens with one attached hydrogen (secondary N) is 1. The Hall–Kier alpha value is -1.62. The van der Waals surface area contributed by atoms with Gasteiger partial charge in [-0.15, -0.1) is 0 Å². The fourth-order valence-electron chi connectivity index (χ4n) is 1.46. The van der Waals surface area contributed by atoms with Gasteiger partial charge in [0.05, 0.1) is 6.61 Å². The molecule has 0 radical (unpaired) electrons. The molecule has 0 aliphatic carbocycles. The molecular weight excluding hydrogens is 218 g/mol. The van der Waals surface area contributed by atoms with E-state index in [2.05, 4.69) is 10.3 Å². The predicted molar refractivity (Wildman–Crippen MR) is 67.2 cm³/mol. The number of pyridine rings is 1. The summed E-state index contributed by atoms with van der Waals surface area (Å²) in [5.74, 6) is 0.625. The number of rotatable bonds is 6. The van der Waals surface area contributed by atoms with E-state index in [1.165, 1.54) is 0 Å². The van der Waals surface area contributed by atoms with Crippen LogP contribution in [0.5, 0.6) is 0 Å². The highest BCUT2D eigenvalue weighted by atomic mass is 16.5. The SMILES string of the molecule is CCN(CCOC)C(=O)c1cccc(NC)n1. The second-order valence-corrected chi connectivity index (χ2v) is 3.54. The minimum atomic E-state index is -0.0679. The summed E-state index contributed by atoms with van der Waals surface area (Å²) in [6.45, 7) is 3.70. The van der Waals surface area contributed by atoms with Crippen LogP contribution in [-0.4, -0.2) is 49.6 Å². The number of hydrogen-bond donors (Lipinski definition) is 1. The van der Waals surface area contributed by atoms with Crippen molar-refractivity contribution in [1.82, 2.24) is 9.88 Å². The van der Waals surface area contributed by atoms with Crippen LogP contribution in [0.2, 0.25) is 0 Å². The van der Waals surface area contributed by atoms with Gasteiger partial charge in [-0.25, -0.2) is 4.98 Å². The van der Waals surface area contributed by atoms with E-state index >= 15 is 0 Å². The Labute approximate surface area is 102 Å². The van der Waals surface area contributed by atoms with Crippen LogP contribution in [0, 0.1) is 0 Å². The number of hydrogen-bond acceptors (Lipinski definition) is 4. The molecule has 0 atom stereocenters. The Balaban J connectivity index is 2.78. The molecule has 1 heterocycles. The molecule has 0 fully saturated rings. The van der Waals surface area contributed by atoms with Gasteiger partial charge < -0.3 is 15.0 Å². The number of carbonyl (C=O) groups excluding carboxylic acids is 1. The Morgan fingerprint density at radius 1 is 1.53 bits per heavy atom. The van der Waals surface area contributed by atoms with E-state index in [0.29, 0.717) is 31.2 Å². The van der Waals surface area contributed by atoms with Crippen molar-refractivity contribution in [2.75, 3.05) is 39.2 Å². The van der Waals surface area contributed by atoms with Gasteiger partial charge in [0, 0.05) is 27.2 Å². The summed E-state index contributed by atoms with van der Waals surface area (Å²) in [6, 6.07) is 5.36. The molecule has 1 amide bonds. The Bertz CT molecular complexity index is 369. The first-order chi connectivity index (χ1) is 8.22. The molecule has 17 heavy (non-hydrogen) atoms. The molecule has 1 aromatic heterocycles. The van der Waals surface area contributed by atoms with Crippen molar-refractivity contribution in [3.8, 4) is 0 Å². The second kappa shape index (κ2) is 6.85. The highest BCUT2D eigenvalue weighted by Crippen LogP contribution is 2.07. The van der Waals surface area contributed by atoms with Gasteiger partial charge in [0.25, 0.3) is 5.91 Å². The lowest BCUT2D eigenvalue weighted by Crippen LogP contribution is -2.34. The summed E-state index contributed by atoms with van der Waals surface area (Å²) in [7, 11) is 3.40. The number of likely N-dealkylation sites (N-methyl/N-ethyl adjacent to an activating group) is 1. The van der Waals surface area contributed by atoms with E-state index in [1.807, 2.05) is 19.1 Å². The fourth-order valence-corrected chi connectivity index (χ4v) is 1.46.